The molecule has 0 aliphatic rings. The van der Waals surface area contributed by atoms with Gasteiger partial charge in [-0.1, -0.05) is 0 Å². The van der Waals surface area contributed by atoms with E-state index >= 15 is 0 Å². The van der Waals surface area contributed by atoms with E-state index in [1.54, 1.807) is 0 Å². The van der Waals surface area contributed by atoms with Crippen LogP contribution in [0.5, 0.6) is 11.5 Å². The normalized spacial score (nSPS) is 11.1. The lowest BCUT2D eigenvalue weighted by molar-refractivity contribution is -0.187. The summed E-state index contributed by atoms with van der Waals surface area (Å²) >= 11 is 0. The number of aromatic hydroxyl groups is 1. The van der Waals surface area contributed by atoms with Gasteiger partial charge in [-0.25, -0.2) is 4.39 Å². The summed E-state index contributed by atoms with van der Waals surface area (Å²) in [6.45, 7) is -2.00. The van der Waals surface area contributed by atoms with E-state index in [9.17, 15) is 18.0 Å². The van der Waals surface area contributed by atoms with Gasteiger partial charge in [0.05, 0.1) is 0 Å². The Kier molecular flexibility index (Phi) is 3.18. The number of halogens is 3. The van der Waals surface area contributed by atoms with Crippen molar-refractivity contribution in [1.82, 2.24) is 0 Å². The van der Waals surface area contributed by atoms with Gasteiger partial charge in [0.2, 0.25) is 0 Å². The predicted molar refractivity (Wildman–Crippen MR) is 45.0 cm³/mol. The minimum Gasteiger partial charge on any atom is -0.504 e. The van der Waals surface area contributed by atoms with Gasteiger partial charge in [0, 0.05) is 5.56 Å². The van der Waals surface area contributed by atoms with Crippen LogP contribution in [0, 0.1) is 0 Å². The zero-order valence-corrected chi connectivity index (χ0v) is 7.41. The Morgan fingerprint density at radius 1 is 1.47 bits per heavy atom. The van der Waals surface area contributed by atoms with Crippen LogP contribution in [0.4, 0.5) is 13.2 Å². The van der Waals surface area contributed by atoms with Crippen molar-refractivity contribution in [2.24, 2.45) is 0 Å². The SMILES string of the molecule is O=Cc1ccc(OC(F)(F)CF)c(O)c1. The first kappa shape index (κ1) is 11.4. The number of rotatable bonds is 4. The molecule has 0 aliphatic carbocycles. The van der Waals surface area contributed by atoms with Crippen LogP contribution < -0.4 is 4.74 Å². The summed E-state index contributed by atoms with van der Waals surface area (Å²) in [4.78, 5) is 10.3. The molecule has 0 radical (unpaired) electrons. The van der Waals surface area contributed by atoms with E-state index in [-0.39, 0.29) is 5.56 Å². The van der Waals surface area contributed by atoms with Crippen LogP contribution in [0.15, 0.2) is 18.2 Å². The zero-order chi connectivity index (χ0) is 11.5. The van der Waals surface area contributed by atoms with Crippen molar-refractivity contribution in [3.05, 3.63) is 23.8 Å². The summed E-state index contributed by atoms with van der Waals surface area (Å²) in [5.74, 6) is -1.23. The van der Waals surface area contributed by atoms with Gasteiger partial charge < -0.3 is 9.84 Å². The number of hydrogen-bond donors (Lipinski definition) is 1. The van der Waals surface area contributed by atoms with Gasteiger partial charge in [0.25, 0.3) is 0 Å². The monoisotopic (exact) mass is 220 g/mol. The Balaban J connectivity index is 2.92. The number of carbonyl (C=O) groups is 1. The van der Waals surface area contributed by atoms with Crippen molar-refractivity contribution >= 4 is 6.29 Å². The lowest BCUT2D eigenvalue weighted by Gasteiger charge is -2.15. The third-order valence-electron chi connectivity index (χ3n) is 1.53. The van der Waals surface area contributed by atoms with Crippen LogP contribution in [0.3, 0.4) is 0 Å². The maximum absolute atomic E-state index is 12.4. The van der Waals surface area contributed by atoms with Gasteiger partial charge in [0.15, 0.2) is 18.2 Å². The number of carbonyl (C=O) groups excluding carboxylic acids is 1. The van der Waals surface area contributed by atoms with Gasteiger partial charge in [0.1, 0.15) is 6.29 Å². The molecule has 0 amide bonds. The molecule has 15 heavy (non-hydrogen) atoms. The molecule has 0 aromatic heterocycles. The van der Waals surface area contributed by atoms with Crippen molar-refractivity contribution in [2.45, 2.75) is 6.11 Å². The van der Waals surface area contributed by atoms with Crippen LogP contribution in [-0.2, 0) is 0 Å². The number of alkyl halides is 3. The van der Waals surface area contributed by atoms with Crippen molar-refractivity contribution in [3.63, 3.8) is 0 Å². The first-order valence-corrected chi connectivity index (χ1v) is 3.89. The third-order valence-corrected chi connectivity index (χ3v) is 1.53. The third kappa shape index (κ3) is 2.87. The summed E-state index contributed by atoms with van der Waals surface area (Å²) in [6.07, 6.45) is -3.56. The van der Waals surface area contributed by atoms with Crippen molar-refractivity contribution in [2.75, 3.05) is 6.67 Å². The number of ether oxygens (including phenoxy) is 1. The Bertz CT molecular complexity index is 366. The average molecular weight is 220 g/mol. The molecule has 6 heteroatoms. The fourth-order valence-electron chi connectivity index (χ4n) is 0.882. The quantitative estimate of drug-likeness (QED) is 0.790. The molecular formula is C9H7F3O3. The maximum Gasteiger partial charge on any atom is 0.427 e. The van der Waals surface area contributed by atoms with Crippen LogP contribution in [0.2, 0.25) is 0 Å². The Morgan fingerprint density at radius 3 is 2.60 bits per heavy atom. The van der Waals surface area contributed by atoms with Crippen LogP contribution in [0.1, 0.15) is 10.4 Å². The first-order valence-electron chi connectivity index (χ1n) is 3.89. The number of benzene rings is 1. The van der Waals surface area contributed by atoms with Crippen LogP contribution in [-0.4, -0.2) is 24.2 Å². The lowest BCUT2D eigenvalue weighted by atomic mass is 10.2. The highest BCUT2D eigenvalue weighted by Gasteiger charge is 2.32. The summed E-state index contributed by atoms with van der Waals surface area (Å²) < 4.78 is 40.5. The second-order valence-corrected chi connectivity index (χ2v) is 2.72. The van der Waals surface area contributed by atoms with E-state index in [1.165, 1.54) is 0 Å². The molecule has 0 saturated heterocycles. The van der Waals surface area contributed by atoms with Gasteiger partial charge in [-0.05, 0) is 18.2 Å². The zero-order valence-electron chi connectivity index (χ0n) is 7.41. The molecule has 0 fully saturated rings. The Labute approximate surface area is 83.1 Å². The van der Waals surface area contributed by atoms with Gasteiger partial charge in [-0.15, -0.1) is 0 Å². The van der Waals surface area contributed by atoms with Crippen molar-refractivity contribution in [1.29, 1.82) is 0 Å². The number of phenolic OH excluding ortho intramolecular Hbond substituents is 1. The highest BCUT2D eigenvalue weighted by atomic mass is 19.3. The highest BCUT2D eigenvalue weighted by molar-refractivity contribution is 5.76. The summed E-state index contributed by atoms with van der Waals surface area (Å²) in [5, 5.41) is 9.14. The fourth-order valence-corrected chi connectivity index (χ4v) is 0.882. The molecular weight excluding hydrogens is 213 g/mol. The Hall–Kier alpha value is -1.72. The molecule has 0 bridgehead atoms. The summed E-state index contributed by atoms with van der Waals surface area (Å²) in [5.41, 5.74) is 0.100. The average Bonchev–Trinajstić information content (AvgIpc) is 2.21. The number of aldehydes is 1. The molecule has 3 nitrogen and oxygen atoms in total. The molecule has 0 unspecified atom stereocenters. The van der Waals surface area contributed by atoms with Gasteiger partial charge in [-0.3, -0.25) is 4.79 Å². The molecule has 1 aromatic rings. The van der Waals surface area contributed by atoms with E-state index in [0.29, 0.717) is 6.29 Å². The van der Waals surface area contributed by atoms with E-state index in [0.717, 1.165) is 18.2 Å². The topological polar surface area (TPSA) is 46.5 Å². The second-order valence-electron chi connectivity index (χ2n) is 2.72. The highest BCUT2D eigenvalue weighted by Crippen LogP contribution is 2.31. The second kappa shape index (κ2) is 4.20. The lowest BCUT2D eigenvalue weighted by Crippen LogP contribution is -2.27. The van der Waals surface area contributed by atoms with Crippen LogP contribution >= 0.6 is 0 Å². The van der Waals surface area contributed by atoms with E-state index in [1.807, 2.05) is 0 Å². The number of hydrogen-bond acceptors (Lipinski definition) is 3. The Morgan fingerprint density at radius 2 is 2.13 bits per heavy atom. The molecule has 1 rings (SSSR count). The smallest absolute Gasteiger partial charge is 0.427 e. The summed E-state index contributed by atoms with van der Waals surface area (Å²) in [6, 6.07) is 3.07. The molecule has 0 aliphatic heterocycles. The molecule has 0 spiro atoms. The summed E-state index contributed by atoms with van der Waals surface area (Å²) in [7, 11) is 0. The minimum atomic E-state index is -3.99. The molecule has 0 heterocycles. The fraction of sp³-hybridized carbons (Fsp3) is 0.222. The molecule has 82 valence electrons. The molecule has 1 N–H and O–H groups in total. The van der Waals surface area contributed by atoms with Crippen molar-refractivity contribution < 1.29 is 27.8 Å². The minimum absolute atomic E-state index is 0.100. The molecule has 1 aromatic carbocycles. The molecule has 0 atom stereocenters. The standard InChI is InChI=1S/C9H7F3O3/c10-5-9(11,12)15-8-2-1-6(4-13)3-7(8)14/h1-4,14H,5H2. The predicted octanol–water partition coefficient (Wildman–Crippen LogP) is 2.15. The largest absolute Gasteiger partial charge is 0.504 e. The maximum atomic E-state index is 12.4. The van der Waals surface area contributed by atoms with Gasteiger partial charge in [-0.2, -0.15) is 8.78 Å². The van der Waals surface area contributed by atoms with Gasteiger partial charge >= 0.3 is 6.11 Å². The first-order chi connectivity index (χ1) is 6.98. The van der Waals surface area contributed by atoms with E-state index in [2.05, 4.69) is 4.74 Å². The van der Waals surface area contributed by atoms with Crippen LogP contribution in [0.25, 0.3) is 0 Å². The van der Waals surface area contributed by atoms with Crippen molar-refractivity contribution in [3.8, 4) is 11.5 Å². The number of phenols is 1. The van der Waals surface area contributed by atoms with E-state index < -0.39 is 24.3 Å². The molecule has 0 saturated carbocycles. The van der Waals surface area contributed by atoms with E-state index in [4.69, 9.17) is 5.11 Å².